The summed E-state index contributed by atoms with van der Waals surface area (Å²) in [4.78, 5) is 0. The van der Waals surface area contributed by atoms with E-state index in [0.29, 0.717) is 5.92 Å². The molecule has 1 unspecified atom stereocenters. The van der Waals surface area contributed by atoms with Crippen LogP contribution in [-0.2, 0) is 6.42 Å². The van der Waals surface area contributed by atoms with E-state index in [2.05, 4.69) is 83.6 Å². The van der Waals surface area contributed by atoms with Crippen LogP contribution in [0.2, 0.25) is 0 Å². The van der Waals surface area contributed by atoms with Gasteiger partial charge in [-0.2, -0.15) is 0 Å². The van der Waals surface area contributed by atoms with E-state index >= 15 is 0 Å². The Morgan fingerprint density at radius 1 is 1.05 bits per heavy atom. The summed E-state index contributed by atoms with van der Waals surface area (Å²) in [6.45, 7) is 6.44. The molecule has 1 N–H and O–H groups in total. The lowest BCUT2D eigenvalue weighted by atomic mass is 9.91. The molecule has 1 atom stereocenters. The van der Waals surface area contributed by atoms with Crippen molar-refractivity contribution in [1.82, 2.24) is 5.32 Å². The molecule has 2 rings (SSSR count). The number of hydrogen-bond acceptors (Lipinski definition) is 1. The van der Waals surface area contributed by atoms with Crippen LogP contribution in [0.1, 0.15) is 36.0 Å². The zero-order valence-corrected chi connectivity index (χ0v) is 14.5. The second kappa shape index (κ2) is 8.35. The monoisotopic (exact) mass is 345 g/mol. The predicted molar refractivity (Wildman–Crippen MR) is 94.9 cm³/mol. The van der Waals surface area contributed by atoms with Crippen LogP contribution in [0.5, 0.6) is 0 Å². The number of halogens is 1. The third-order valence-electron chi connectivity index (χ3n) is 3.77. The van der Waals surface area contributed by atoms with Crippen LogP contribution in [0.4, 0.5) is 0 Å². The van der Waals surface area contributed by atoms with Gasteiger partial charge in [0.05, 0.1) is 0 Å². The molecule has 0 radical (unpaired) electrons. The quantitative estimate of drug-likeness (QED) is 0.689. The molecule has 21 heavy (non-hydrogen) atoms. The van der Waals surface area contributed by atoms with Crippen LogP contribution in [0.25, 0.3) is 0 Å². The van der Waals surface area contributed by atoms with Crippen molar-refractivity contribution in [2.75, 3.05) is 13.1 Å². The smallest absolute Gasteiger partial charge is 0.0210 e. The molecule has 0 saturated heterocycles. The summed E-state index contributed by atoms with van der Waals surface area (Å²) in [7, 11) is 0. The molecule has 0 spiro atoms. The highest BCUT2D eigenvalue weighted by Crippen LogP contribution is 2.27. The summed E-state index contributed by atoms with van der Waals surface area (Å²) in [5.74, 6) is 0.495. The fourth-order valence-electron chi connectivity index (χ4n) is 2.56. The fourth-order valence-corrected chi connectivity index (χ4v) is 3.17. The van der Waals surface area contributed by atoms with Gasteiger partial charge in [-0.25, -0.2) is 0 Å². The van der Waals surface area contributed by atoms with Crippen LogP contribution in [0.3, 0.4) is 0 Å². The molecule has 0 bridgehead atoms. The van der Waals surface area contributed by atoms with E-state index in [-0.39, 0.29) is 0 Å². The molecule has 0 heterocycles. The van der Waals surface area contributed by atoms with Gasteiger partial charge in [-0.05, 0) is 43.5 Å². The number of benzene rings is 2. The Morgan fingerprint density at radius 2 is 1.76 bits per heavy atom. The van der Waals surface area contributed by atoms with Gasteiger partial charge >= 0.3 is 0 Å². The molecule has 0 aromatic heterocycles. The maximum absolute atomic E-state index is 3.70. The maximum Gasteiger partial charge on any atom is 0.0210 e. The summed E-state index contributed by atoms with van der Waals surface area (Å²) < 4.78 is 1.21. The van der Waals surface area contributed by atoms with E-state index in [1.54, 1.807) is 0 Å². The average molecular weight is 346 g/mol. The number of hydrogen-bond donors (Lipinski definition) is 1. The Labute approximate surface area is 136 Å². The highest BCUT2D eigenvalue weighted by atomic mass is 79.9. The van der Waals surface area contributed by atoms with Crippen molar-refractivity contribution in [3.63, 3.8) is 0 Å². The van der Waals surface area contributed by atoms with E-state index in [1.807, 2.05) is 0 Å². The Kier molecular flexibility index (Phi) is 6.47. The molecular formula is C19H24BrN. The number of nitrogens with one attached hydrogen (secondary N) is 1. The molecule has 2 heteroatoms. The molecular weight excluding hydrogens is 322 g/mol. The first kappa shape index (κ1) is 16.3. The zero-order valence-electron chi connectivity index (χ0n) is 12.9. The Balaban J connectivity index is 2.15. The van der Waals surface area contributed by atoms with Crippen LogP contribution in [0.15, 0.2) is 53.0 Å². The first-order chi connectivity index (χ1) is 10.2. The van der Waals surface area contributed by atoms with Gasteiger partial charge in [0.15, 0.2) is 0 Å². The highest BCUT2D eigenvalue weighted by molar-refractivity contribution is 9.10. The summed E-state index contributed by atoms with van der Waals surface area (Å²) >= 11 is 3.70. The molecule has 0 aliphatic rings. The van der Waals surface area contributed by atoms with Crippen molar-refractivity contribution < 1.29 is 0 Å². The first-order valence-electron chi connectivity index (χ1n) is 7.71. The molecule has 2 aromatic carbocycles. The zero-order chi connectivity index (χ0) is 15.1. The van der Waals surface area contributed by atoms with Crippen LogP contribution < -0.4 is 5.32 Å². The Hall–Kier alpha value is -1.12. The molecule has 1 nitrogen and oxygen atoms in total. The van der Waals surface area contributed by atoms with Crippen molar-refractivity contribution >= 4 is 15.9 Å². The molecule has 0 aliphatic heterocycles. The van der Waals surface area contributed by atoms with E-state index in [4.69, 9.17) is 0 Å². The third kappa shape index (κ3) is 4.98. The van der Waals surface area contributed by atoms with Crippen LogP contribution >= 0.6 is 15.9 Å². The largest absolute Gasteiger partial charge is 0.316 e. The number of aryl methyl sites for hydroxylation is 1. The van der Waals surface area contributed by atoms with E-state index < -0.39 is 0 Å². The standard InChI is InChI=1S/C19H24BrN/c1-3-12-21-14-17(18-6-4-5-7-19(18)20)13-16-10-8-15(2)9-11-16/h4-11,17,21H,3,12-14H2,1-2H3. The predicted octanol–water partition coefficient (Wildman–Crippen LogP) is 5.08. The first-order valence-corrected chi connectivity index (χ1v) is 8.50. The van der Waals surface area contributed by atoms with E-state index in [9.17, 15) is 0 Å². The molecule has 0 aliphatic carbocycles. The SMILES string of the molecule is CCCNCC(Cc1ccc(C)cc1)c1ccccc1Br. The van der Waals surface area contributed by atoms with Gasteiger partial charge in [-0.3, -0.25) is 0 Å². The fraction of sp³-hybridized carbons (Fsp3) is 0.368. The topological polar surface area (TPSA) is 12.0 Å². The highest BCUT2D eigenvalue weighted by Gasteiger charge is 2.14. The molecule has 0 fully saturated rings. The number of rotatable bonds is 7. The van der Waals surface area contributed by atoms with E-state index in [0.717, 1.165) is 19.5 Å². The minimum Gasteiger partial charge on any atom is -0.316 e. The molecule has 2 aromatic rings. The van der Waals surface area contributed by atoms with Crippen molar-refractivity contribution in [3.05, 3.63) is 69.7 Å². The van der Waals surface area contributed by atoms with Gasteiger partial charge in [-0.15, -0.1) is 0 Å². The normalized spacial score (nSPS) is 12.3. The summed E-state index contributed by atoms with van der Waals surface area (Å²) in [5.41, 5.74) is 4.11. The second-order valence-electron chi connectivity index (χ2n) is 5.61. The lowest BCUT2D eigenvalue weighted by Crippen LogP contribution is -2.24. The van der Waals surface area contributed by atoms with Crippen molar-refractivity contribution in [2.45, 2.75) is 32.6 Å². The van der Waals surface area contributed by atoms with Gasteiger partial charge < -0.3 is 5.32 Å². The minimum atomic E-state index is 0.495. The van der Waals surface area contributed by atoms with Gasteiger partial charge in [0.2, 0.25) is 0 Å². The average Bonchev–Trinajstić information content (AvgIpc) is 2.49. The Morgan fingerprint density at radius 3 is 2.43 bits per heavy atom. The van der Waals surface area contributed by atoms with Gasteiger partial charge in [0.1, 0.15) is 0 Å². The van der Waals surface area contributed by atoms with Crippen molar-refractivity contribution in [2.24, 2.45) is 0 Å². The lowest BCUT2D eigenvalue weighted by Gasteiger charge is -2.20. The van der Waals surface area contributed by atoms with Crippen LogP contribution in [-0.4, -0.2) is 13.1 Å². The third-order valence-corrected chi connectivity index (χ3v) is 4.49. The maximum atomic E-state index is 3.70. The second-order valence-corrected chi connectivity index (χ2v) is 6.47. The van der Waals surface area contributed by atoms with Crippen molar-refractivity contribution in [3.8, 4) is 0 Å². The summed E-state index contributed by atoms with van der Waals surface area (Å²) in [6, 6.07) is 17.5. The van der Waals surface area contributed by atoms with Gasteiger partial charge in [0.25, 0.3) is 0 Å². The molecule has 0 amide bonds. The van der Waals surface area contributed by atoms with Gasteiger partial charge in [-0.1, -0.05) is 70.9 Å². The summed E-state index contributed by atoms with van der Waals surface area (Å²) in [5, 5.41) is 3.57. The van der Waals surface area contributed by atoms with E-state index in [1.165, 1.54) is 27.6 Å². The minimum absolute atomic E-state index is 0.495. The van der Waals surface area contributed by atoms with Gasteiger partial charge in [0, 0.05) is 16.9 Å². The summed E-state index contributed by atoms with van der Waals surface area (Å²) in [6.07, 6.45) is 2.24. The van der Waals surface area contributed by atoms with Crippen molar-refractivity contribution in [1.29, 1.82) is 0 Å². The molecule has 112 valence electrons. The van der Waals surface area contributed by atoms with Crippen LogP contribution in [0, 0.1) is 6.92 Å². The Bertz CT molecular complexity index is 548. The molecule has 0 saturated carbocycles. The lowest BCUT2D eigenvalue weighted by molar-refractivity contribution is 0.575.